The highest BCUT2D eigenvalue weighted by Crippen LogP contribution is 2.38. The van der Waals surface area contributed by atoms with Crippen LogP contribution in [0.4, 0.5) is 5.82 Å². The Hall–Kier alpha value is -0.650. The van der Waals surface area contributed by atoms with Crippen molar-refractivity contribution in [1.29, 1.82) is 0 Å². The van der Waals surface area contributed by atoms with Crippen molar-refractivity contribution in [3.63, 3.8) is 0 Å². The van der Waals surface area contributed by atoms with Crippen molar-refractivity contribution in [2.75, 3.05) is 5.32 Å². The van der Waals surface area contributed by atoms with Gasteiger partial charge >= 0.3 is 0 Å². The largest absolute Gasteiger partial charge is 0.310 e. The van der Waals surface area contributed by atoms with Gasteiger partial charge in [-0.05, 0) is 47.6 Å². The predicted octanol–water partition coefficient (Wildman–Crippen LogP) is 3.21. The van der Waals surface area contributed by atoms with Gasteiger partial charge in [-0.3, -0.25) is 4.79 Å². The average Bonchev–Trinajstić information content (AvgIpc) is 2.70. The van der Waals surface area contributed by atoms with E-state index in [1.807, 2.05) is 19.1 Å². The summed E-state index contributed by atoms with van der Waals surface area (Å²) in [4.78, 5) is 16.2. The van der Waals surface area contributed by atoms with Crippen molar-refractivity contribution in [3.8, 4) is 0 Å². The second-order valence-electron chi connectivity index (χ2n) is 4.58. The van der Waals surface area contributed by atoms with Crippen LogP contribution in [-0.4, -0.2) is 10.9 Å². The molecule has 1 saturated carbocycles. The summed E-state index contributed by atoms with van der Waals surface area (Å²) >= 11 is 2.20. The van der Waals surface area contributed by atoms with Gasteiger partial charge in [0.05, 0.1) is 0 Å². The number of rotatable bonds is 2. The first kappa shape index (κ1) is 11.8. The zero-order chi connectivity index (χ0) is 11.6. The molecule has 86 valence electrons. The van der Waals surface area contributed by atoms with Gasteiger partial charge in [0.15, 0.2) is 0 Å². The van der Waals surface area contributed by atoms with E-state index in [9.17, 15) is 4.79 Å². The SMILES string of the molecule is CC1(C(=O)Nc2ccc(I)cn2)CCCC1. The molecule has 0 aliphatic heterocycles. The standard InChI is InChI=1S/C12H15IN2O/c1-12(6-2-3-7-12)11(16)15-10-5-4-9(13)8-14-10/h4-5,8H,2-3,6-7H2,1H3,(H,14,15,16). The van der Waals surface area contributed by atoms with E-state index in [1.54, 1.807) is 6.20 Å². The summed E-state index contributed by atoms with van der Waals surface area (Å²) in [6.07, 6.45) is 6.05. The monoisotopic (exact) mass is 330 g/mol. The number of carbonyl (C=O) groups excluding carboxylic acids is 1. The van der Waals surface area contributed by atoms with Crippen LogP contribution < -0.4 is 5.32 Å². The van der Waals surface area contributed by atoms with E-state index in [4.69, 9.17) is 0 Å². The van der Waals surface area contributed by atoms with Crippen molar-refractivity contribution >= 4 is 34.3 Å². The molecule has 16 heavy (non-hydrogen) atoms. The first-order valence-electron chi connectivity index (χ1n) is 5.53. The molecule has 0 atom stereocenters. The van der Waals surface area contributed by atoms with E-state index in [1.165, 1.54) is 0 Å². The van der Waals surface area contributed by atoms with Gasteiger partial charge in [-0.25, -0.2) is 4.98 Å². The Morgan fingerprint density at radius 1 is 1.44 bits per heavy atom. The van der Waals surface area contributed by atoms with Crippen molar-refractivity contribution < 1.29 is 4.79 Å². The Labute approximate surface area is 109 Å². The number of hydrogen-bond donors (Lipinski definition) is 1. The van der Waals surface area contributed by atoms with Gasteiger partial charge in [-0.2, -0.15) is 0 Å². The first-order valence-corrected chi connectivity index (χ1v) is 6.61. The fourth-order valence-electron chi connectivity index (χ4n) is 2.10. The van der Waals surface area contributed by atoms with Crippen LogP contribution in [0.5, 0.6) is 0 Å². The first-order chi connectivity index (χ1) is 7.60. The van der Waals surface area contributed by atoms with Crippen molar-refractivity contribution in [3.05, 3.63) is 21.9 Å². The summed E-state index contributed by atoms with van der Waals surface area (Å²) in [5.74, 6) is 0.761. The summed E-state index contributed by atoms with van der Waals surface area (Å²) in [6, 6.07) is 3.79. The summed E-state index contributed by atoms with van der Waals surface area (Å²) in [7, 11) is 0. The number of carbonyl (C=O) groups is 1. The average molecular weight is 330 g/mol. The number of pyridine rings is 1. The molecular weight excluding hydrogens is 315 g/mol. The minimum absolute atomic E-state index is 0.110. The zero-order valence-electron chi connectivity index (χ0n) is 9.29. The molecule has 1 aromatic rings. The number of amides is 1. The second-order valence-corrected chi connectivity index (χ2v) is 5.83. The molecule has 1 heterocycles. The van der Waals surface area contributed by atoms with Crippen molar-refractivity contribution in [2.24, 2.45) is 5.41 Å². The minimum Gasteiger partial charge on any atom is -0.310 e. The van der Waals surface area contributed by atoms with Crippen molar-refractivity contribution in [1.82, 2.24) is 4.98 Å². The maximum absolute atomic E-state index is 12.1. The molecule has 0 saturated heterocycles. The molecule has 1 fully saturated rings. The maximum atomic E-state index is 12.1. The third-order valence-electron chi connectivity index (χ3n) is 3.22. The van der Waals surface area contributed by atoms with Crippen LogP contribution in [0.25, 0.3) is 0 Å². The van der Waals surface area contributed by atoms with Gasteiger partial charge in [-0.1, -0.05) is 19.8 Å². The van der Waals surface area contributed by atoms with E-state index in [0.717, 1.165) is 29.3 Å². The van der Waals surface area contributed by atoms with Crippen LogP contribution in [0.2, 0.25) is 0 Å². The molecule has 0 radical (unpaired) electrons. The lowest BCUT2D eigenvalue weighted by molar-refractivity contribution is -0.124. The number of nitrogens with zero attached hydrogens (tertiary/aromatic N) is 1. The lowest BCUT2D eigenvalue weighted by atomic mass is 9.88. The summed E-state index contributed by atoms with van der Waals surface area (Å²) < 4.78 is 1.07. The van der Waals surface area contributed by atoms with Gasteiger partial charge < -0.3 is 5.32 Å². The summed E-state index contributed by atoms with van der Waals surface area (Å²) in [5, 5.41) is 2.90. The summed E-state index contributed by atoms with van der Waals surface area (Å²) in [5.41, 5.74) is -0.190. The third-order valence-corrected chi connectivity index (χ3v) is 3.86. The van der Waals surface area contributed by atoms with Crippen LogP contribution in [0, 0.1) is 8.99 Å². The van der Waals surface area contributed by atoms with E-state index < -0.39 is 0 Å². The molecule has 4 heteroatoms. The fraction of sp³-hybridized carbons (Fsp3) is 0.500. The molecule has 1 amide bonds. The minimum atomic E-state index is -0.190. The van der Waals surface area contributed by atoms with Crippen LogP contribution in [0.3, 0.4) is 0 Å². The quantitative estimate of drug-likeness (QED) is 0.846. The Morgan fingerprint density at radius 3 is 2.69 bits per heavy atom. The van der Waals surface area contributed by atoms with E-state index >= 15 is 0 Å². The normalized spacial score (nSPS) is 18.4. The van der Waals surface area contributed by atoms with Crippen LogP contribution in [0.1, 0.15) is 32.6 Å². The lowest BCUT2D eigenvalue weighted by Gasteiger charge is -2.21. The Kier molecular flexibility index (Phi) is 3.47. The molecule has 2 rings (SSSR count). The Morgan fingerprint density at radius 2 is 2.12 bits per heavy atom. The van der Waals surface area contributed by atoms with Gasteiger partial charge in [0.2, 0.25) is 5.91 Å². The number of hydrogen-bond acceptors (Lipinski definition) is 2. The predicted molar refractivity (Wildman–Crippen MR) is 72.2 cm³/mol. The molecule has 1 aromatic heterocycles. The smallest absolute Gasteiger partial charge is 0.231 e. The highest BCUT2D eigenvalue weighted by molar-refractivity contribution is 14.1. The lowest BCUT2D eigenvalue weighted by Crippen LogP contribution is -2.31. The van der Waals surface area contributed by atoms with Crippen molar-refractivity contribution in [2.45, 2.75) is 32.6 Å². The molecule has 3 nitrogen and oxygen atoms in total. The van der Waals surface area contributed by atoms with Gasteiger partial charge in [-0.15, -0.1) is 0 Å². The Balaban J connectivity index is 2.04. The number of aromatic nitrogens is 1. The molecule has 0 bridgehead atoms. The molecule has 0 aromatic carbocycles. The molecule has 1 N–H and O–H groups in total. The van der Waals surface area contributed by atoms with E-state index in [2.05, 4.69) is 32.9 Å². The zero-order valence-corrected chi connectivity index (χ0v) is 11.5. The third kappa shape index (κ3) is 2.53. The number of halogens is 1. The Bertz CT molecular complexity index is 383. The topological polar surface area (TPSA) is 42.0 Å². The number of anilines is 1. The fourth-order valence-corrected chi connectivity index (χ4v) is 2.42. The van der Waals surface area contributed by atoms with Gasteiger partial charge in [0, 0.05) is 15.2 Å². The number of nitrogens with one attached hydrogen (secondary N) is 1. The highest BCUT2D eigenvalue weighted by Gasteiger charge is 2.36. The molecule has 1 aliphatic carbocycles. The van der Waals surface area contributed by atoms with Crippen LogP contribution >= 0.6 is 22.6 Å². The van der Waals surface area contributed by atoms with E-state index in [0.29, 0.717) is 5.82 Å². The molecule has 0 spiro atoms. The summed E-state index contributed by atoms with van der Waals surface area (Å²) in [6.45, 7) is 2.04. The highest BCUT2D eigenvalue weighted by atomic mass is 127. The molecule has 0 unspecified atom stereocenters. The van der Waals surface area contributed by atoms with Gasteiger partial charge in [0.25, 0.3) is 0 Å². The molecule has 1 aliphatic rings. The maximum Gasteiger partial charge on any atom is 0.231 e. The van der Waals surface area contributed by atoms with Crippen LogP contribution in [-0.2, 0) is 4.79 Å². The van der Waals surface area contributed by atoms with E-state index in [-0.39, 0.29) is 11.3 Å². The van der Waals surface area contributed by atoms with Crippen LogP contribution in [0.15, 0.2) is 18.3 Å². The van der Waals surface area contributed by atoms with Gasteiger partial charge in [0.1, 0.15) is 5.82 Å². The molecular formula is C12H15IN2O. The second kappa shape index (κ2) is 4.69.